The molecule has 0 saturated heterocycles. The van der Waals surface area contributed by atoms with Crippen molar-refractivity contribution in [2.75, 3.05) is 21.2 Å². The highest BCUT2D eigenvalue weighted by atomic mass is 35.5. The molecule has 10 heteroatoms. The Balaban J connectivity index is 1.76. The standard InChI is InChI=1S/C20H19ClN2O6S/c1-23(2)30(25,26)14-8-9-17(21)16(11-14)20(24)28-12-13-10-18(22-29-13)15-6-4-5-7-19(15)27-3/h4-11H,12H2,1-3H3. The van der Waals surface area contributed by atoms with Crippen LogP contribution in [0.5, 0.6) is 5.75 Å². The fourth-order valence-corrected chi connectivity index (χ4v) is 3.73. The first-order valence-corrected chi connectivity index (χ1v) is 10.5. The number of carbonyl (C=O) groups is 1. The van der Waals surface area contributed by atoms with Crippen molar-refractivity contribution in [3.63, 3.8) is 0 Å². The first-order valence-electron chi connectivity index (χ1n) is 8.72. The van der Waals surface area contributed by atoms with E-state index in [4.69, 9.17) is 25.6 Å². The van der Waals surface area contributed by atoms with Gasteiger partial charge >= 0.3 is 5.97 Å². The fourth-order valence-electron chi connectivity index (χ4n) is 2.61. The molecular weight excluding hydrogens is 432 g/mol. The van der Waals surface area contributed by atoms with Crippen LogP contribution in [0.25, 0.3) is 11.3 Å². The van der Waals surface area contributed by atoms with Crippen molar-refractivity contribution in [3.05, 3.63) is 64.9 Å². The monoisotopic (exact) mass is 450 g/mol. The Morgan fingerprint density at radius 1 is 1.17 bits per heavy atom. The number of hydrogen-bond donors (Lipinski definition) is 0. The first kappa shape index (κ1) is 21.8. The molecule has 3 rings (SSSR count). The molecule has 0 radical (unpaired) electrons. The maximum absolute atomic E-state index is 12.5. The lowest BCUT2D eigenvalue weighted by molar-refractivity contribution is 0.0437. The Hall–Kier alpha value is -2.88. The van der Waals surface area contributed by atoms with Gasteiger partial charge in [0.25, 0.3) is 0 Å². The predicted molar refractivity (Wildman–Crippen MR) is 110 cm³/mol. The van der Waals surface area contributed by atoms with Crippen molar-refractivity contribution in [1.82, 2.24) is 9.46 Å². The minimum atomic E-state index is -3.72. The van der Waals surface area contributed by atoms with E-state index in [9.17, 15) is 13.2 Å². The molecule has 1 heterocycles. The van der Waals surface area contributed by atoms with Gasteiger partial charge in [-0.2, -0.15) is 0 Å². The summed E-state index contributed by atoms with van der Waals surface area (Å²) in [5, 5.41) is 4.05. The zero-order chi connectivity index (χ0) is 21.9. The lowest BCUT2D eigenvalue weighted by Crippen LogP contribution is -2.22. The topological polar surface area (TPSA) is 98.9 Å². The first-order chi connectivity index (χ1) is 14.2. The van der Waals surface area contributed by atoms with Crippen LogP contribution in [-0.2, 0) is 21.4 Å². The van der Waals surface area contributed by atoms with E-state index in [0.717, 1.165) is 9.87 Å². The molecule has 0 amide bonds. The molecule has 0 saturated carbocycles. The minimum Gasteiger partial charge on any atom is -0.496 e. The number of benzene rings is 2. The number of esters is 1. The number of carbonyl (C=O) groups excluding carboxylic acids is 1. The number of hydrogen-bond acceptors (Lipinski definition) is 7. The second kappa shape index (κ2) is 8.86. The van der Waals surface area contributed by atoms with Gasteiger partial charge in [0.1, 0.15) is 11.4 Å². The Morgan fingerprint density at radius 3 is 2.60 bits per heavy atom. The second-order valence-corrected chi connectivity index (χ2v) is 8.94. The van der Waals surface area contributed by atoms with E-state index in [0.29, 0.717) is 17.2 Å². The molecule has 158 valence electrons. The van der Waals surface area contributed by atoms with E-state index in [1.165, 1.54) is 32.3 Å². The number of halogens is 1. The van der Waals surface area contributed by atoms with Gasteiger partial charge in [-0.3, -0.25) is 0 Å². The van der Waals surface area contributed by atoms with Crippen LogP contribution >= 0.6 is 11.6 Å². The lowest BCUT2D eigenvalue weighted by Gasteiger charge is -2.12. The van der Waals surface area contributed by atoms with Crippen molar-refractivity contribution in [2.24, 2.45) is 0 Å². The van der Waals surface area contributed by atoms with Gasteiger partial charge in [0, 0.05) is 25.7 Å². The van der Waals surface area contributed by atoms with Crippen LogP contribution in [0.2, 0.25) is 5.02 Å². The van der Waals surface area contributed by atoms with Crippen LogP contribution in [0.1, 0.15) is 16.1 Å². The van der Waals surface area contributed by atoms with E-state index in [2.05, 4.69) is 5.16 Å². The molecule has 0 unspecified atom stereocenters. The summed E-state index contributed by atoms with van der Waals surface area (Å²) in [4.78, 5) is 12.4. The molecule has 2 aromatic carbocycles. The molecule has 0 N–H and O–H groups in total. The van der Waals surface area contributed by atoms with E-state index in [1.807, 2.05) is 18.2 Å². The SMILES string of the molecule is COc1ccccc1-c1cc(COC(=O)c2cc(S(=O)(=O)N(C)C)ccc2Cl)on1. The van der Waals surface area contributed by atoms with Gasteiger partial charge in [-0.25, -0.2) is 17.5 Å². The molecule has 30 heavy (non-hydrogen) atoms. The van der Waals surface area contributed by atoms with Gasteiger partial charge in [0.05, 0.1) is 22.6 Å². The zero-order valence-electron chi connectivity index (χ0n) is 16.5. The quantitative estimate of drug-likeness (QED) is 0.507. The maximum atomic E-state index is 12.5. The number of aromatic nitrogens is 1. The van der Waals surface area contributed by atoms with E-state index < -0.39 is 16.0 Å². The molecule has 0 aliphatic carbocycles. The Kier molecular flexibility index (Phi) is 6.45. The van der Waals surface area contributed by atoms with E-state index in [-0.39, 0.29) is 22.1 Å². The maximum Gasteiger partial charge on any atom is 0.340 e. The third kappa shape index (κ3) is 4.48. The van der Waals surface area contributed by atoms with Crippen molar-refractivity contribution < 1.29 is 27.2 Å². The minimum absolute atomic E-state index is 0.0657. The van der Waals surface area contributed by atoms with Crippen molar-refractivity contribution >= 4 is 27.6 Å². The predicted octanol–water partition coefficient (Wildman–Crippen LogP) is 3.61. The van der Waals surface area contributed by atoms with Crippen molar-refractivity contribution in [1.29, 1.82) is 0 Å². The zero-order valence-corrected chi connectivity index (χ0v) is 18.0. The summed E-state index contributed by atoms with van der Waals surface area (Å²) in [6.07, 6.45) is 0. The molecular formula is C20H19ClN2O6S. The van der Waals surface area contributed by atoms with Gasteiger partial charge in [-0.15, -0.1) is 0 Å². The summed E-state index contributed by atoms with van der Waals surface area (Å²) in [7, 11) is 0.615. The summed E-state index contributed by atoms with van der Waals surface area (Å²) in [6.45, 7) is -0.206. The number of nitrogens with zero attached hydrogens (tertiary/aromatic N) is 2. The number of rotatable bonds is 7. The van der Waals surface area contributed by atoms with Crippen LogP contribution in [0.15, 0.2) is 57.9 Å². The smallest absolute Gasteiger partial charge is 0.340 e. The Labute approximate surface area is 179 Å². The average molecular weight is 451 g/mol. The van der Waals surface area contributed by atoms with Gasteiger partial charge < -0.3 is 14.0 Å². The van der Waals surface area contributed by atoms with E-state index >= 15 is 0 Å². The number of para-hydroxylation sites is 1. The molecule has 0 bridgehead atoms. The summed E-state index contributed by atoms with van der Waals surface area (Å²) in [6, 6.07) is 12.7. The fraction of sp³-hybridized carbons (Fsp3) is 0.200. The molecule has 0 aliphatic rings. The van der Waals surface area contributed by atoms with E-state index in [1.54, 1.807) is 19.2 Å². The van der Waals surface area contributed by atoms with Crippen LogP contribution < -0.4 is 4.74 Å². The third-order valence-corrected chi connectivity index (χ3v) is 6.36. The molecule has 0 fully saturated rings. The number of sulfonamides is 1. The van der Waals surface area contributed by atoms with Crippen LogP contribution in [0, 0.1) is 0 Å². The van der Waals surface area contributed by atoms with Crippen LogP contribution in [-0.4, -0.2) is 45.1 Å². The molecule has 3 aromatic rings. The summed E-state index contributed by atoms with van der Waals surface area (Å²) in [5.74, 6) is 0.142. The highest BCUT2D eigenvalue weighted by Crippen LogP contribution is 2.29. The van der Waals surface area contributed by atoms with Gasteiger partial charge in [-0.05, 0) is 30.3 Å². The normalized spacial score (nSPS) is 11.5. The summed E-state index contributed by atoms with van der Waals surface area (Å²) >= 11 is 6.06. The third-order valence-electron chi connectivity index (χ3n) is 4.22. The molecule has 0 spiro atoms. The largest absolute Gasteiger partial charge is 0.496 e. The lowest BCUT2D eigenvalue weighted by atomic mass is 10.1. The average Bonchev–Trinajstić information content (AvgIpc) is 3.20. The summed E-state index contributed by atoms with van der Waals surface area (Å²) in [5.41, 5.74) is 1.19. The molecule has 0 aliphatic heterocycles. The van der Waals surface area contributed by atoms with Crippen LogP contribution in [0.3, 0.4) is 0 Å². The summed E-state index contributed by atoms with van der Waals surface area (Å²) < 4.78 is 41.4. The Morgan fingerprint density at radius 2 is 1.90 bits per heavy atom. The molecule has 0 atom stereocenters. The van der Waals surface area contributed by atoms with Crippen molar-refractivity contribution in [3.8, 4) is 17.0 Å². The van der Waals surface area contributed by atoms with Gasteiger partial charge in [0.2, 0.25) is 10.0 Å². The molecule has 1 aromatic heterocycles. The number of ether oxygens (including phenoxy) is 2. The van der Waals surface area contributed by atoms with Crippen molar-refractivity contribution in [2.45, 2.75) is 11.5 Å². The Bertz CT molecular complexity index is 1170. The van der Waals surface area contributed by atoms with Crippen LogP contribution in [0.4, 0.5) is 0 Å². The number of methoxy groups -OCH3 is 1. The highest BCUT2D eigenvalue weighted by Gasteiger charge is 2.22. The molecule has 8 nitrogen and oxygen atoms in total. The second-order valence-electron chi connectivity index (χ2n) is 6.38. The highest BCUT2D eigenvalue weighted by molar-refractivity contribution is 7.89. The van der Waals surface area contributed by atoms with Gasteiger partial charge in [-0.1, -0.05) is 28.9 Å². The van der Waals surface area contributed by atoms with Gasteiger partial charge in [0.15, 0.2) is 12.4 Å².